The quantitative estimate of drug-likeness (QED) is 0.863. The molecule has 2 aromatic rings. The van der Waals surface area contributed by atoms with Crippen molar-refractivity contribution in [2.45, 2.75) is 19.9 Å². The van der Waals surface area contributed by atoms with E-state index in [9.17, 15) is 23.2 Å². The van der Waals surface area contributed by atoms with Crippen LogP contribution in [0.5, 0.6) is 0 Å². The summed E-state index contributed by atoms with van der Waals surface area (Å²) in [7, 11) is 0. The summed E-state index contributed by atoms with van der Waals surface area (Å²) >= 11 is 0. The third kappa shape index (κ3) is 3.13. The zero-order chi connectivity index (χ0) is 15.6. The van der Waals surface area contributed by atoms with Gasteiger partial charge in [0.15, 0.2) is 5.78 Å². The molecule has 0 atom stereocenters. The van der Waals surface area contributed by atoms with Crippen LogP contribution in [0.4, 0.5) is 8.78 Å². The van der Waals surface area contributed by atoms with Crippen LogP contribution in [0.1, 0.15) is 22.8 Å². The average molecular weight is 294 g/mol. The second kappa shape index (κ2) is 5.82. The van der Waals surface area contributed by atoms with Crippen LogP contribution in [0.3, 0.4) is 0 Å². The summed E-state index contributed by atoms with van der Waals surface area (Å²) in [6, 6.07) is 2.58. The molecule has 0 unspecified atom stereocenters. The lowest BCUT2D eigenvalue weighted by molar-refractivity contribution is 0.0966. The van der Waals surface area contributed by atoms with Crippen molar-refractivity contribution >= 4 is 5.78 Å². The molecule has 1 N–H and O–H groups in total. The maximum absolute atomic E-state index is 13.5. The van der Waals surface area contributed by atoms with Crippen molar-refractivity contribution in [1.29, 1.82) is 0 Å². The molecule has 0 radical (unpaired) electrons. The number of H-pyrrole nitrogens is 1. The van der Waals surface area contributed by atoms with Gasteiger partial charge >= 0.3 is 5.69 Å². The number of halogens is 2. The van der Waals surface area contributed by atoms with Crippen LogP contribution in [-0.2, 0) is 13.0 Å². The van der Waals surface area contributed by atoms with Crippen molar-refractivity contribution in [2.75, 3.05) is 0 Å². The van der Waals surface area contributed by atoms with Gasteiger partial charge in [-0.05, 0) is 18.6 Å². The van der Waals surface area contributed by atoms with E-state index in [2.05, 4.69) is 4.98 Å². The van der Waals surface area contributed by atoms with Crippen molar-refractivity contribution < 1.29 is 13.6 Å². The second-order valence-electron chi connectivity index (χ2n) is 4.44. The highest BCUT2D eigenvalue weighted by Gasteiger charge is 2.14. The number of nitrogens with zero attached hydrogens (tertiary/aromatic N) is 1. The molecule has 0 spiro atoms. The number of benzene rings is 1. The van der Waals surface area contributed by atoms with E-state index in [0.717, 1.165) is 16.7 Å². The largest absolute Gasteiger partial charge is 0.328 e. The summed E-state index contributed by atoms with van der Waals surface area (Å²) < 4.78 is 27.3. The normalized spacial score (nSPS) is 10.6. The Morgan fingerprint density at radius 2 is 2.00 bits per heavy atom. The fourth-order valence-electron chi connectivity index (χ4n) is 1.88. The Bertz CT molecular complexity index is 809. The molecule has 0 fully saturated rings. The summed E-state index contributed by atoms with van der Waals surface area (Å²) in [5.41, 5.74) is -1.25. The Morgan fingerprint density at radius 1 is 1.29 bits per heavy atom. The van der Waals surface area contributed by atoms with Crippen LogP contribution < -0.4 is 11.2 Å². The minimum absolute atomic E-state index is 0.312. The first-order chi connectivity index (χ1) is 9.92. The molecular weight excluding hydrogens is 282 g/mol. The molecule has 1 aromatic carbocycles. The summed E-state index contributed by atoms with van der Waals surface area (Å²) in [4.78, 5) is 37.1. The van der Waals surface area contributed by atoms with E-state index in [0.29, 0.717) is 18.1 Å². The highest BCUT2D eigenvalue weighted by atomic mass is 19.1. The second-order valence-corrected chi connectivity index (χ2v) is 4.44. The number of nitrogens with one attached hydrogen (secondary N) is 1. The minimum Gasteiger partial charge on any atom is -0.293 e. The van der Waals surface area contributed by atoms with E-state index in [1.807, 2.05) is 0 Å². The van der Waals surface area contributed by atoms with E-state index < -0.39 is 35.2 Å². The number of carbonyl (C=O) groups excluding carboxylic acids is 1. The molecule has 110 valence electrons. The van der Waals surface area contributed by atoms with Crippen molar-refractivity contribution in [2.24, 2.45) is 0 Å². The molecule has 0 bridgehead atoms. The Hall–Kier alpha value is -2.57. The lowest BCUT2D eigenvalue weighted by Gasteiger charge is -2.07. The van der Waals surface area contributed by atoms with Gasteiger partial charge in [-0.25, -0.2) is 13.6 Å². The zero-order valence-electron chi connectivity index (χ0n) is 11.2. The van der Waals surface area contributed by atoms with Gasteiger partial charge in [0.05, 0.1) is 12.1 Å². The molecule has 1 heterocycles. The minimum atomic E-state index is -0.992. The van der Waals surface area contributed by atoms with Gasteiger partial charge < -0.3 is 0 Å². The first-order valence-electron chi connectivity index (χ1n) is 6.23. The van der Waals surface area contributed by atoms with E-state index in [1.54, 1.807) is 6.92 Å². The smallest absolute Gasteiger partial charge is 0.293 e. The Kier molecular flexibility index (Phi) is 4.11. The SMILES string of the molecule is CCc1cn(CC(=O)c2ccc(F)cc2F)c(=O)[nH]c1=O. The Labute approximate surface area is 117 Å². The van der Waals surface area contributed by atoms with Gasteiger partial charge in [-0.3, -0.25) is 19.1 Å². The molecule has 0 saturated carbocycles. The first kappa shape index (κ1) is 14.8. The zero-order valence-corrected chi connectivity index (χ0v) is 11.2. The lowest BCUT2D eigenvalue weighted by Crippen LogP contribution is -2.33. The molecule has 5 nitrogen and oxygen atoms in total. The number of hydrogen-bond donors (Lipinski definition) is 1. The highest BCUT2D eigenvalue weighted by molar-refractivity contribution is 5.96. The molecule has 0 saturated heterocycles. The van der Waals surface area contributed by atoms with Crippen LogP contribution in [0, 0.1) is 11.6 Å². The van der Waals surface area contributed by atoms with Gasteiger partial charge in [0.25, 0.3) is 5.56 Å². The van der Waals surface area contributed by atoms with E-state index >= 15 is 0 Å². The number of hydrogen-bond acceptors (Lipinski definition) is 3. The van der Waals surface area contributed by atoms with Crippen molar-refractivity contribution in [1.82, 2.24) is 9.55 Å². The molecule has 7 heteroatoms. The van der Waals surface area contributed by atoms with Crippen LogP contribution in [0.15, 0.2) is 34.0 Å². The molecule has 0 aliphatic rings. The fraction of sp³-hybridized carbons (Fsp3) is 0.214. The number of Topliss-reactive ketones (excluding diaryl/α,β-unsaturated/α-hetero) is 1. The predicted molar refractivity (Wildman–Crippen MR) is 71.4 cm³/mol. The maximum atomic E-state index is 13.5. The first-order valence-corrected chi connectivity index (χ1v) is 6.23. The van der Waals surface area contributed by atoms with Gasteiger partial charge in [0, 0.05) is 17.8 Å². The van der Waals surface area contributed by atoms with E-state index in [4.69, 9.17) is 0 Å². The summed E-state index contributed by atoms with van der Waals surface area (Å²) in [6.07, 6.45) is 1.65. The van der Waals surface area contributed by atoms with Crippen LogP contribution in [0.25, 0.3) is 0 Å². The van der Waals surface area contributed by atoms with Crippen molar-refractivity contribution in [3.05, 3.63) is 68.0 Å². The van der Waals surface area contributed by atoms with Gasteiger partial charge in [-0.2, -0.15) is 0 Å². The van der Waals surface area contributed by atoms with Gasteiger partial charge in [-0.15, -0.1) is 0 Å². The molecule has 1 aromatic heterocycles. The van der Waals surface area contributed by atoms with Crippen LogP contribution >= 0.6 is 0 Å². The number of aryl methyl sites for hydroxylation is 1. The Balaban J connectivity index is 2.36. The third-order valence-corrected chi connectivity index (χ3v) is 3.01. The molecule has 21 heavy (non-hydrogen) atoms. The summed E-state index contributed by atoms with van der Waals surface area (Å²) in [6.45, 7) is 1.28. The van der Waals surface area contributed by atoms with E-state index in [-0.39, 0.29) is 5.56 Å². The predicted octanol–water partition coefficient (Wildman–Crippen LogP) is 1.26. The Morgan fingerprint density at radius 3 is 2.62 bits per heavy atom. The highest BCUT2D eigenvalue weighted by Crippen LogP contribution is 2.10. The number of carbonyl (C=O) groups is 1. The van der Waals surface area contributed by atoms with Gasteiger partial charge in [0.2, 0.25) is 0 Å². The maximum Gasteiger partial charge on any atom is 0.328 e. The lowest BCUT2D eigenvalue weighted by atomic mass is 10.1. The standard InChI is InChI=1S/C14H12F2N2O3/c1-2-8-6-18(14(21)17-13(8)20)7-12(19)10-4-3-9(15)5-11(10)16/h3-6H,2,7H2,1H3,(H,17,20,21). The van der Waals surface area contributed by atoms with Crippen LogP contribution in [0.2, 0.25) is 0 Å². The van der Waals surface area contributed by atoms with Gasteiger partial charge in [0.1, 0.15) is 11.6 Å². The molecule has 0 amide bonds. The molecular formula is C14H12F2N2O3. The topological polar surface area (TPSA) is 71.9 Å². The monoisotopic (exact) mass is 294 g/mol. The summed E-state index contributed by atoms with van der Waals surface area (Å²) in [5, 5.41) is 0. The molecule has 0 aliphatic carbocycles. The van der Waals surface area contributed by atoms with Crippen LogP contribution in [-0.4, -0.2) is 15.3 Å². The number of ketones is 1. The van der Waals surface area contributed by atoms with Gasteiger partial charge in [-0.1, -0.05) is 6.92 Å². The van der Waals surface area contributed by atoms with Crippen molar-refractivity contribution in [3.63, 3.8) is 0 Å². The number of aromatic amines is 1. The number of aromatic nitrogens is 2. The average Bonchev–Trinajstić information content (AvgIpc) is 2.41. The molecule has 2 rings (SSSR count). The summed E-state index contributed by atoms with van der Waals surface area (Å²) in [5.74, 6) is -2.48. The van der Waals surface area contributed by atoms with Crippen molar-refractivity contribution in [3.8, 4) is 0 Å². The fourth-order valence-corrected chi connectivity index (χ4v) is 1.88. The third-order valence-electron chi connectivity index (χ3n) is 3.01. The van der Waals surface area contributed by atoms with E-state index in [1.165, 1.54) is 6.20 Å². The number of rotatable bonds is 4. The molecule has 0 aliphatic heterocycles.